The molecule has 0 radical (unpaired) electrons. The highest BCUT2D eigenvalue weighted by atomic mass is 31.2. The van der Waals surface area contributed by atoms with Crippen molar-refractivity contribution in [1.29, 1.82) is 0 Å². The van der Waals surface area contributed by atoms with E-state index in [2.05, 4.69) is 135 Å². The standard InChI is InChI=1S/C74H128NO8P/c1-6-8-10-12-14-16-18-20-22-24-26-27-28-29-30-31-32-33-34-35-36-37-38-39-40-41-42-43-44-45-46-47-49-51-53-55-57-59-61-63-65-67-74(77)83-72(71-82-84(78,79)81-69-68-75(3,4)5)70-80-73(76)66-64-62-60-58-56-54-52-50-48-25-23-21-19-17-15-13-11-9-7-2/h8-11,14-17,20-23,26-27,29-30,48,50,54,56,72H,6-7,12-13,18-19,24-25,28,31-47,49,51-53,55,57-71H2,1-5H3/b10-8-,11-9-,16-14-,17-15-,22-20-,23-21-,27-26-,30-29-,50-48-,56-54-. The molecule has 0 rings (SSSR count). The summed E-state index contributed by atoms with van der Waals surface area (Å²) in [7, 11) is 1.14. The van der Waals surface area contributed by atoms with Crippen LogP contribution in [0.25, 0.3) is 0 Å². The molecule has 0 heterocycles. The lowest BCUT2D eigenvalue weighted by Gasteiger charge is -2.28. The number of phosphoric acid groups is 1. The maximum absolute atomic E-state index is 12.8. The molecule has 9 nitrogen and oxygen atoms in total. The highest BCUT2D eigenvalue weighted by molar-refractivity contribution is 7.45. The van der Waals surface area contributed by atoms with Crippen LogP contribution in [0, 0.1) is 0 Å². The molecule has 2 atom stereocenters. The molecule has 0 saturated heterocycles. The fraction of sp³-hybridized carbons (Fsp3) is 0.703. The van der Waals surface area contributed by atoms with Gasteiger partial charge in [-0.05, 0) is 103 Å². The summed E-state index contributed by atoms with van der Waals surface area (Å²) < 4.78 is 34.2. The van der Waals surface area contributed by atoms with Gasteiger partial charge in [0.1, 0.15) is 19.8 Å². The second-order valence-corrected chi connectivity index (χ2v) is 25.2. The van der Waals surface area contributed by atoms with Crippen molar-refractivity contribution in [1.82, 2.24) is 0 Å². The Balaban J connectivity index is 3.96. The van der Waals surface area contributed by atoms with Crippen molar-refractivity contribution in [3.05, 3.63) is 122 Å². The molecule has 0 aromatic rings. The molecule has 0 bridgehead atoms. The average molecular weight is 1190 g/mol. The van der Waals surface area contributed by atoms with Crippen LogP contribution in [0.2, 0.25) is 0 Å². The van der Waals surface area contributed by atoms with Crippen LogP contribution in [-0.2, 0) is 32.7 Å². The number of nitrogens with zero attached hydrogens (tertiary/aromatic N) is 1. The summed E-state index contributed by atoms with van der Waals surface area (Å²) in [5.41, 5.74) is 0. The van der Waals surface area contributed by atoms with Crippen LogP contribution in [0.5, 0.6) is 0 Å². The number of hydrogen-bond donors (Lipinski definition) is 0. The number of quaternary nitrogens is 1. The monoisotopic (exact) mass is 1190 g/mol. The smallest absolute Gasteiger partial charge is 0.306 e. The Morgan fingerprint density at radius 2 is 0.643 bits per heavy atom. The van der Waals surface area contributed by atoms with Gasteiger partial charge in [0.25, 0.3) is 7.82 Å². The van der Waals surface area contributed by atoms with Gasteiger partial charge in [-0.15, -0.1) is 0 Å². The molecule has 84 heavy (non-hydrogen) atoms. The normalized spacial score (nSPS) is 13.9. The highest BCUT2D eigenvalue weighted by Crippen LogP contribution is 2.38. The first-order valence-electron chi connectivity index (χ1n) is 34.2. The third-order valence-corrected chi connectivity index (χ3v) is 15.4. The Bertz CT molecular complexity index is 1830. The van der Waals surface area contributed by atoms with Gasteiger partial charge in [0.15, 0.2) is 6.10 Å². The Labute approximate surface area is 518 Å². The zero-order chi connectivity index (χ0) is 61.2. The van der Waals surface area contributed by atoms with E-state index in [0.29, 0.717) is 23.9 Å². The molecule has 10 heteroatoms. The van der Waals surface area contributed by atoms with Gasteiger partial charge in [0, 0.05) is 12.8 Å². The van der Waals surface area contributed by atoms with Gasteiger partial charge in [-0.2, -0.15) is 0 Å². The number of esters is 2. The summed E-state index contributed by atoms with van der Waals surface area (Å²) >= 11 is 0. The van der Waals surface area contributed by atoms with Gasteiger partial charge in [0.2, 0.25) is 0 Å². The molecule has 0 aliphatic rings. The number of phosphoric ester groups is 1. The van der Waals surface area contributed by atoms with E-state index in [0.717, 1.165) is 103 Å². The Kier molecular flexibility index (Phi) is 61.2. The number of unbranched alkanes of at least 4 members (excludes halogenated alkanes) is 28. The van der Waals surface area contributed by atoms with Crippen LogP contribution in [0.1, 0.15) is 284 Å². The Hall–Kier alpha value is -3.59. The summed E-state index contributed by atoms with van der Waals surface area (Å²) in [5.74, 6) is -0.868. The quantitative estimate of drug-likeness (QED) is 0.0195. The van der Waals surface area contributed by atoms with Crippen molar-refractivity contribution in [3.63, 3.8) is 0 Å². The molecular weight excluding hydrogens is 1060 g/mol. The summed E-state index contributed by atoms with van der Waals surface area (Å²) in [6.07, 6.45) is 91.6. The van der Waals surface area contributed by atoms with Gasteiger partial charge >= 0.3 is 11.9 Å². The number of ether oxygens (including phenoxy) is 2. The minimum absolute atomic E-state index is 0.0400. The van der Waals surface area contributed by atoms with Crippen LogP contribution in [-0.4, -0.2) is 70.0 Å². The van der Waals surface area contributed by atoms with E-state index in [4.69, 9.17) is 18.5 Å². The van der Waals surface area contributed by atoms with E-state index in [-0.39, 0.29) is 26.1 Å². The maximum Gasteiger partial charge on any atom is 0.306 e. The SMILES string of the molecule is CC/C=C\C/C=C\C/C=C\C/C=C\C/C=C\CCCCCCCCCCCCCCCCCCCCCCCCCCCC(=O)OC(COC(=O)CCCCC/C=C\C/C=C\C/C=C\C/C=C\C/C=C\CC)COP(=O)([O-])OCC[N+](C)(C)C. The Morgan fingerprint density at radius 3 is 0.964 bits per heavy atom. The van der Waals surface area contributed by atoms with Crippen LogP contribution >= 0.6 is 7.82 Å². The number of allylic oxidation sites excluding steroid dienone is 20. The van der Waals surface area contributed by atoms with Gasteiger partial charge < -0.3 is 27.9 Å². The van der Waals surface area contributed by atoms with E-state index >= 15 is 0 Å². The molecule has 0 amide bonds. The number of carbonyl (C=O) groups is 2. The third-order valence-electron chi connectivity index (χ3n) is 14.5. The van der Waals surface area contributed by atoms with E-state index in [1.165, 1.54) is 141 Å². The van der Waals surface area contributed by atoms with Gasteiger partial charge in [0.05, 0.1) is 27.7 Å². The summed E-state index contributed by atoms with van der Waals surface area (Å²) in [5, 5.41) is 0. The largest absolute Gasteiger partial charge is 0.756 e. The minimum atomic E-state index is -4.65. The van der Waals surface area contributed by atoms with Gasteiger partial charge in [-0.3, -0.25) is 14.2 Å². The fourth-order valence-corrected chi connectivity index (χ4v) is 10.0. The molecule has 0 aliphatic heterocycles. The van der Waals surface area contributed by atoms with Crippen molar-refractivity contribution >= 4 is 19.8 Å². The lowest BCUT2D eigenvalue weighted by atomic mass is 10.0. The zero-order valence-electron chi connectivity index (χ0n) is 54.8. The predicted molar refractivity (Wildman–Crippen MR) is 360 cm³/mol. The van der Waals surface area contributed by atoms with Crippen LogP contribution in [0.3, 0.4) is 0 Å². The summed E-state index contributed by atoms with van der Waals surface area (Å²) in [6.45, 7) is 3.98. The molecule has 0 saturated carbocycles. The van der Waals surface area contributed by atoms with Gasteiger partial charge in [-0.25, -0.2) is 0 Å². The molecule has 0 aromatic carbocycles. The summed E-state index contributed by atoms with van der Waals surface area (Å²) in [4.78, 5) is 38.0. The first-order chi connectivity index (χ1) is 41.0. The Morgan fingerprint density at radius 1 is 0.369 bits per heavy atom. The third kappa shape index (κ3) is 67.5. The predicted octanol–water partition coefficient (Wildman–Crippen LogP) is 21.6. The lowest BCUT2D eigenvalue weighted by Crippen LogP contribution is -2.37. The topological polar surface area (TPSA) is 111 Å². The first-order valence-corrected chi connectivity index (χ1v) is 35.7. The lowest BCUT2D eigenvalue weighted by molar-refractivity contribution is -0.870. The van der Waals surface area contributed by atoms with Crippen molar-refractivity contribution in [3.8, 4) is 0 Å². The van der Waals surface area contributed by atoms with E-state index < -0.39 is 32.5 Å². The van der Waals surface area contributed by atoms with E-state index in [1.54, 1.807) is 0 Å². The number of rotatable bonds is 62. The first kappa shape index (κ1) is 80.4. The highest BCUT2D eigenvalue weighted by Gasteiger charge is 2.22. The number of carbonyl (C=O) groups excluding carboxylic acids is 2. The molecule has 2 unspecified atom stereocenters. The number of likely N-dealkylation sites (N-methyl/N-ethyl adjacent to an activating group) is 1. The minimum Gasteiger partial charge on any atom is -0.756 e. The van der Waals surface area contributed by atoms with E-state index in [9.17, 15) is 19.0 Å². The summed E-state index contributed by atoms with van der Waals surface area (Å²) in [6, 6.07) is 0. The fourth-order valence-electron chi connectivity index (χ4n) is 9.30. The molecule has 0 aromatic heterocycles. The molecule has 482 valence electrons. The molecular formula is C74H128NO8P. The maximum atomic E-state index is 12.8. The second-order valence-electron chi connectivity index (χ2n) is 23.8. The van der Waals surface area contributed by atoms with Crippen molar-refractivity contribution in [2.45, 2.75) is 290 Å². The molecule has 0 N–H and O–H groups in total. The van der Waals surface area contributed by atoms with Crippen molar-refractivity contribution < 1.29 is 42.1 Å². The molecule has 0 aliphatic carbocycles. The van der Waals surface area contributed by atoms with Crippen LogP contribution in [0.15, 0.2) is 122 Å². The zero-order valence-corrected chi connectivity index (χ0v) is 55.7. The van der Waals surface area contributed by atoms with Crippen LogP contribution < -0.4 is 4.89 Å². The van der Waals surface area contributed by atoms with Crippen molar-refractivity contribution in [2.24, 2.45) is 0 Å². The average Bonchev–Trinajstić information content (AvgIpc) is 3.61. The van der Waals surface area contributed by atoms with Crippen molar-refractivity contribution in [2.75, 3.05) is 47.5 Å². The van der Waals surface area contributed by atoms with E-state index in [1.807, 2.05) is 21.1 Å². The second kappa shape index (κ2) is 63.9. The number of hydrogen-bond acceptors (Lipinski definition) is 8. The molecule has 0 fully saturated rings. The van der Waals surface area contributed by atoms with Crippen LogP contribution in [0.4, 0.5) is 0 Å². The van der Waals surface area contributed by atoms with Gasteiger partial charge in [-0.1, -0.05) is 289 Å². The molecule has 0 spiro atoms.